The lowest BCUT2D eigenvalue weighted by atomic mass is 10.2. The van der Waals surface area contributed by atoms with Crippen LogP contribution in [0.4, 0.5) is 5.69 Å². The molecular formula is C18H12BrClN2O2. The van der Waals surface area contributed by atoms with Gasteiger partial charge in [-0.15, -0.1) is 0 Å². The minimum Gasteiger partial charge on any atom is -0.439 e. The minimum absolute atomic E-state index is 0.212. The maximum Gasteiger partial charge on any atom is 0.256 e. The van der Waals surface area contributed by atoms with Crippen molar-refractivity contribution in [2.24, 2.45) is 0 Å². The molecule has 3 rings (SSSR count). The molecule has 0 saturated heterocycles. The van der Waals surface area contributed by atoms with E-state index in [4.69, 9.17) is 16.3 Å². The Labute approximate surface area is 152 Å². The first-order valence-corrected chi connectivity index (χ1v) is 8.24. The van der Waals surface area contributed by atoms with Gasteiger partial charge in [-0.2, -0.15) is 0 Å². The Morgan fingerprint density at radius 1 is 1.04 bits per heavy atom. The molecule has 1 heterocycles. The molecule has 0 atom stereocenters. The Hall–Kier alpha value is -2.37. The SMILES string of the molecule is O=C(Nc1ccc(Oc2ccc(Cl)cc2)nc1)c1ccccc1Br. The second-order valence-electron chi connectivity index (χ2n) is 4.88. The predicted molar refractivity (Wildman–Crippen MR) is 97.9 cm³/mol. The number of ether oxygens (including phenoxy) is 1. The Kier molecular flexibility index (Phi) is 5.13. The summed E-state index contributed by atoms with van der Waals surface area (Å²) < 4.78 is 6.34. The summed E-state index contributed by atoms with van der Waals surface area (Å²) in [6, 6.07) is 17.6. The maximum atomic E-state index is 12.2. The third-order valence-corrected chi connectivity index (χ3v) is 4.09. The third-order valence-electron chi connectivity index (χ3n) is 3.15. The number of nitrogens with zero attached hydrogens (tertiary/aromatic N) is 1. The molecule has 0 aliphatic heterocycles. The van der Waals surface area contributed by atoms with Crippen molar-refractivity contribution in [1.29, 1.82) is 0 Å². The Balaban J connectivity index is 1.67. The van der Waals surface area contributed by atoms with Crippen LogP contribution in [-0.4, -0.2) is 10.9 Å². The average Bonchev–Trinajstić information content (AvgIpc) is 2.59. The van der Waals surface area contributed by atoms with E-state index in [2.05, 4.69) is 26.2 Å². The fourth-order valence-electron chi connectivity index (χ4n) is 1.98. The van der Waals surface area contributed by atoms with Gasteiger partial charge in [0.05, 0.1) is 17.4 Å². The molecule has 1 aromatic heterocycles. The van der Waals surface area contributed by atoms with Crippen LogP contribution in [0.3, 0.4) is 0 Å². The summed E-state index contributed by atoms with van der Waals surface area (Å²) in [4.78, 5) is 16.4. The monoisotopic (exact) mass is 402 g/mol. The Bertz CT molecular complexity index is 852. The molecule has 0 saturated carbocycles. The van der Waals surface area contributed by atoms with Crippen LogP contribution in [0, 0.1) is 0 Å². The number of nitrogens with one attached hydrogen (secondary N) is 1. The van der Waals surface area contributed by atoms with Gasteiger partial charge >= 0.3 is 0 Å². The van der Waals surface area contributed by atoms with Crippen molar-refractivity contribution in [1.82, 2.24) is 4.98 Å². The van der Waals surface area contributed by atoms with E-state index in [1.165, 1.54) is 0 Å². The highest BCUT2D eigenvalue weighted by Crippen LogP contribution is 2.23. The van der Waals surface area contributed by atoms with Gasteiger partial charge in [-0.1, -0.05) is 23.7 Å². The zero-order valence-electron chi connectivity index (χ0n) is 12.4. The molecule has 120 valence electrons. The van der Waals surface area contributed by atoms with Crippen molar-refractivity contribution in [2.45, 2.75) is 0 Å². The van der Waals surface area contributed by atoms with Gasteiger partial charge in [0.2, 0.25) is 5.88 Å². The standard InChI is InChI=1S/C18H12BrClN2O2/c19-16-4-2-1-3-15(16)18(23)22-13-7-10-17(21-11-13)24-14-8-5-12(20)6-9-14/h1-11H,(H,22,23). The second kappa shape index (κ2) is 7.47. The maximum absolute atomic E-state index is 12.2. The van der Waals surface area contributed by atoms with E-state index in [0.29, 0.717) is 27.9 Å². The minimum atomic E-state index is -0.212. The number of hydrogen-bond donors (Lipinski definition) is 1. The molecule has 4 nitrogen and oxygen atoms in total. The molecule has 1 N–H and O–H groups in total. The largest absolute Gasteiger partial charge is 0.439 e. The first kappa shape index (κ1) is 16.5. The zero-order valence-corrected chi connectivity index (χ0v) is 14.7. The lowest BCUT2D eigenvalue weighted by Gasteiger charge is -2.08. The number of aromatic nitrogens is 1. The lowest BCUT2D eigenvalue weighted by molar-refractivity contribution is 0.102. The number of carbonyl (C=O) groups excluding carboxylic acids is 1. The first-order valence-electron chi connectivity index (χ1n) is 7.07. The van der Waals surface area contributed by atoms with Crippen LogP contribution in [0.2, 0.25) is 5.02 Å². The smallest absolute Gasteiger partial charge is 0.256 e. The van der Waals surface area contributed by atoms with E-state index in [-0.39, 0.29) is 5.91 Å². The molecule has 0 bridgehead atoms. The average molecular weight is 404 g/mol. The molecule has 1 amide bonds. The van der Waals surface area contributed by atoms with Crippen molar-refractivity contribution in [3.05, 3.63) is 81.9 Å². The van der Waals surface area contributed by atoms with Gasteiger partial charge in [0.25, 0.3) is 5.91 Å². The van der Waals surface area contributed by atoms with E-state index in [0.717, 1.165) is 4.47 Å². The highest BCUT2D eigenvalue weighted by Gasteiger charge is 2.09. The van der Waals surface area contributed by atoms with Gasteiger partial charge in [0.1, 0.15) is 5.75 Å². The molecule has 0 fully saturated rings. The van der Waals surface area contributed by atoms with Crippen molar-refractivity contribution >= 4 is 39.1 Å². The number of benzene rings is 2. The predicted octanol–water partition coefficient (Wildman–Crippen LogP) is 5.54. The van der Waals surface area contributed by atoms with E-state index in [1.807, 2.05) is 12.1 Å². The van der Waals surface area contributed by atoms with Crippen LogP contribution in [-0.2, 0) is 0 Å². The molecule has 2 aromatic carbocycles. The number of amides is 1. The number of halogens is 2. The van der Waals surface area contributed by atoms with Crippen LogP contribution in [0.15, 0.2) is 71.3 Å². The fraction of sp³-hybridized carbons (Fsp3) is 0. The van der Waals surface area contributed by atoms with Crippen molar-refractivity contribution in [3.63, 3.8) is 0 Å². The number of pyridine rings is 1. The van der Waals surface area contributed by atoms with Gasteiger partial charge < -0.3 is 10.1 Å². The molecule has 0 spiro atoms. The van der Waals surface area contributed by atoms with E-state index in [1.54, 1.807) is 54.7 Å². The summed E-state index contributed by atoms with van der Waals surface area (Å²) in [5.74, 6) is 0.851. The summed E-state index contributed by atoms with van der Waals surface area (Å²) >= 11 is 9.19. The summed E-state index contributed by atoms with van der Waals surface area (Å²) in [6.07, 6.45) is 1.54. The van der Waals surface area contributed by atoms with Gasteiger partial charge in [0.15, 0.2) is 0 Å². The number of hydrogen-bond acceptors (Lipinski definition) is 3. The van der Waals surface area contributed by atoms with Crippen LogP contribution in [0.1, 0.15) is 10.4 Å². The van der Waals surface area contributed by atoms with Crippen LogP contribution >= 0.6 is 27.5 Å². The normalized spacial score (nSPS) is 10.2. The number of anilines is 1. The Morgan fingerprint density at radius 2 is 1.79 bits per heavy atom. The summed E-state index contributed by atoms with van der Waals surface area (Å²) in [7, 11) is 0. The van der Waals surface area contributed by atoms with E-state index < -0.39 is 0 Å². The fourth-order valence-corrected chi connectivity index (χ4v) is 2.57. The highest BCUT2D eigenvalue weighted by atomic mass is 79.9. The number of carbonyl (C=O) groups is 1. The highest BCUT2D eigenvalue weighted by molar-refractivity contribution is 9.10. The van der Waals surface area contributed by atoms with Gasteiger partial charge in [-0.25, -0.2) is 4.98 Å². The molecule has 0 unspecified atom stereocenters. The molecule has 0 aliphatic carbocycles. The zero-order chi connectivity index (χ0) is 16.9. The lowest BCUT2D eigenvalue weighted by Crippen LogP contribution is -2.12. The van der Waals surface area contributed by atoms with Gasteiger partial charge in [-0.3, -0.25) is 4.79 Å². The first-order chi connectivity index (χ1) is 11.6. The molecular weight excluding hydrogens is 392 g/mol. The third kappa shape index (κ3) is 4.13. The summed E-state index contributed by atoms with van der Waals surface area (Å²) in [6.45, 7) is 0. The second-order valence-corrected chi connectivity index (χ2v) is 6.17. The van der Waals surface area contributed by atoms with Crippen molar-refractivity contribution < 1.29 is 9.53 Å². The Morgan fingerprint density at radius 3 is 2.46 bits per heavy atom. The summed E-state index contributed by atoms with van der Waals surface area (Å²) in [5.41, 5.74) is 1.14. The van der Waals surface area contributed by atoms with Crippen molar-refractivity contribution in [3.8, 4) is 11.6 Å². The molecule has 0 radical (unpaired) electrons. The molecule has 24 heavy (non-hydrogen) atoms. The topological polar surface area (TPSA) is 51.2 Å². The molecule has 6 heteroatoms. The summed E-state index contributed by atoms with van der Waals surface area (Å²) in [5, 5.41) is 3.43. The van der Waals surface area contributed by atoms with Gasteiger partial charge in [-0.05, 0) is 58.4 Å². The van der Waals surface area contributed by atoms with E-state index in [9.17, 15) is 4.79 Å². The quantitative estimate of drug-likeness (QED) is 0.622. The molecule has 0 aliphatic rings. The van der Waals surface area contributed by atoms with Crippen molar-refractivity contribution in [2.75, 3.05) is 5.32 Å². The number of rotatable bonds is 4. The van der Waals surface area contributed by atoms with Gasteiger partial charge in [0, 0.05) is 15.6 Å². The van der Waals surface area contributed by atoms with Crippen LogP contribution < -0.4 is 10.1 Å². The van der Waals surface area contributed by atoms with Crippen LogP contribution in [0.5, 0.6) is 11.6 Å². The van der Waals surface area contributed by atoms with E-state index >= 15 is 0 Å². The van der Waals surface area contributed by atoms with Crippen LogP contribution in [0.25, 0.3) is 0 Å². The molecule has 3 aromatic rings.